The maximum absolute atomic E-state index is 11.9. The highest BCUT2D eigenvalue weighted by molar-refractivity contribution is 5.93. The third-order valence-electron chi connectivity index (χ3n) is 3.31. The van der Waals surface area contributed by atoms with E-state index in [4.69, 9.17) is 20.0 Å². The van der Waals surface area contributed by atoms with Crippen molar-refractivity contribution in [3.63, 3.8) is 0 Å². The Balaban J connectivity index is 2.12. The molecule has 0 spiro atoms. The SMILES string of the molecule is N#Cc1ccc(OC(=O)CC(=O)Oc2ccc(C#N)cc2[N+](=O)[O-])c([N+](=O)[O-])c1. The molecule has 0 atom stereocenters. The van der Waals surface area contributed by atoms with Crippen LogP contribution in [0.3, 0.4) is 0 Å². The van der Waals surface area contributed by atoms with Crippen LogP contribution in [-0.2, 0) is 9.59 Å². The van der Waals surface area contributed by atoms with E-state index in [-0.39, 0.29) is 11.1 Å². The number of ether oxygens (including phenoxy) is 2. The van der Waals surface area contributed by atoms with E-state index in [9.17, 15) is 29.8 Å². The van der Waals surface area contributed by atoms with E-state index in [1.807, 2.05) is 0 Å². The molecule has 12 heteroatoms. The molecule has 0 saturated carbocycles. The van der Waals surface area contributed by atoms with Crippen molar-refractivity contribution in [1.82, 2.24) is 0 Å². The fraction of sp³-hybridized carbons (Fsp3) is 0.0588. The number of hydrogen-bond acceptors (Lipinski definition) is 10. The zero-order valence-corrected chi connectivity index (χ0v) is 14.2. The number of hydrogen-bond donors (Lipinski definition) is 0. The van der Waals surface area contributed by atoms with Crippen molar-refractivity contribution in [1.29, 1.82) is 10.5 Å². The van der Waals surface area contributed by atoms with Crippen LogP contribution in [0.25, 0.3) is 0 Å². The lowest BCUT2D eigenvalue weighted by Crippen LogP contribution is -2.19. The summed E-state index contributed by atoms with van der Waals surface area (Å²) in [6, 6.07) is 9.55. The molecule has 0 heterocycles. The maximum atomic E-state index is 11.9. The van der Waals surface area contributed by atoms with Crippen LogP contribution < -0.4 is 9.47 Å². The number of nitriles is 2. The fourth-order valence-corrected chi connectivity index (χ4v) is 2.07. The van der Waals surface area contributed by atoms with Gasteiger partial charge < -0.3 is 9.47 Å². The van der Waals surface area contributed by atoms with E-state index < -0.39 is 51.1 Å². The molecule has 2 aromatic carbocycles. The molecule has 0 aromatic heterocycles. The number of benzene rings is 2. The molecule has 0 saturated heterocycles. The first-order chi connectivity index (χ1) is 13.7. The second kappa shape index (κ2) is 8.70. The van der Waals surface area contributed by atoms with E-state index in [1.165, 1.54) is 12.1 Å². The third kappa shape index (κ3) is 5.08. The summed E-state index contributed by atoms with van der Waals surface area (Å²) >= 11 is 0. The average Bonchev–Trinajstić information content (AvgIpc) is 2.67. The Kier molecular flexibility index (Phi) is 6.14. The van der Waals surface area contributed by atoms with Crippen molar-refractivity contribution in [3.05, 3.63) is 67.8 Å². The quantitative estimate of drug-likeness (QED) is 0.230. The van der Waals surface area contributed by atoms with Crippen molar-refractivity contribution in [2.45, 2.75) is 6.42 Å². The average molecular weight is 396 g/mol. The molecule has 0 fully saturated rings. The first kappa shape index (κ1) is 20.5. The zero-order valence-electron chi connectivity index (χ0n) is 14.2. The number of carbonyl (C=O) groups excluding carboxylic acids is 2. The Labute approximate surface area is 161 Å². The van der Waals surface area contributed by atoms with Crippen molar-refractivity contribution in [2.24, 2.45) is 0 Å². The van der Waals surface area contributed by atoms with E-state index in [1.54, 1.807) is 12.1 Å². The summed E-state index contributed by atoms with van der Waals surface area (Å²) in [7, 11) is 0. The lowest BCUT2D eigenvalue weighted by atomic mass is 10.2. The van der Waals surface area contributed by atoms with Crippen LogP contribution in [0.4, 0.5) is 11.4 Å². The van der Waals surface area contributed by atoms with Gasteiger partial charge in [-0.3, -0.25) is 29.8 Å². The van der Waals surface area contributed by atoms with Gasteiger partial charge in [-0.05, 0) is 24.3 Å². The molecule has 0 aliphatic rings. The van der Waals surface area contributed by atoms with Gasteiger partial charge in [0.15, 0.2) is 0 Å². The van der Waals surface area contributed by atoms with Gasteiger partial charge in [0.2, 0.25) is 11.5 Å². The molecular weight excluding hydrogens is 388 g/mol. The van der Waals surface area contributed by atoms with Gasteiger partial charge >= 0.3 is 23.3 Å². The minimum atomic E-state index is -1.22. The lowest BCUT2D eigenvalue weighted by Gasteiger charge is -2.06. The van der Waals surface area contributed by atoms with Gasteiger partial charge in [0.05, 0.1) is 33.1 Å². The summed E-state index contributed by atoms with van der Waals surface area (Å²) in [5, 5.41) is 39.6. The molecule has 0 aliphatic carbocycles. The van der Waals surface area contributed by atoms with E-state index in [0.29, 0.717) is 0 Å². The third-order valence-corrected chi connectivity index (χ3v) is 3.31. The Hall–Kier alpha value is -4.84. The highest BCUT2D eigenvalue weighted by atomic mass is 16.6. The van der Waals surface area contributed by atoms with E-state index in [0.717, 1.165) is 24.3 Å². The van der Waals surface area contributed by atoms with Crippen LogP contribution in [-0.4, -0.2) is 21.8 Å². The highest BCUT2D eigenvalue weighted by Gasteiger charge is 2.23. The molecule has 0 N–H and O–H groups in total. The largest absolute Gasteiger partial charge is 0.419 e. The molecule has 0 aliphatic heterocycles. The van der Waals surface area contributed by atoms with Gasteiger partial charge in [0, 0.05) is 12.1 Å². The minimum absolute atomic E-state index is 0.0379. The van der Waals surface area contributed by atoms with E-state index in [2.05, 4.69) is 0 Å². The summed E-state index contributed by atoms with van der Waals surface area (Å²) in [6.07, 6.45) is -1.01. The molecule has 0 radical (unpaired) electrons. The highest BCUT2D eigenvalue weighted by Crippen LogP contribution is 2.29. The van der Waals surface area contributed by atoms with Crippen molar-refractivity contribution in [2.75, 3.05) is 0 Å². The zero-order chi connectivity index (χ0) is 21.6. The standard InChI is InChI=1S/C17H8N4O8/c18-8-10-1-3-14(12(5-10)20(24)25)28-16(22)7-17(23)29-15-4-2-11(9-19)6-13(15)21(26)27/h1-6H,7H2. The molecule has 2 aromatic rings. The van der Waals surface area contributed by atoms with Crippen LogP contribution in [0.2, 0.25) is 0 Å². The summed E-state index contributed by atoms with van der Waals surface area (Å²) in [5.41, 5.74) is -1.39. The van der Waals surface area contributed by atoms with Crippen LogP contribution in [0.5, 0.6) is 11.5 Å². The number of esters is 2. The summed E-state index contributed by atoms with van der Waals surface area (Å²) in [5.74, 6) is -3.43. The molecule has 2 rings (SSSR count). The fourth-order valence-electron chi connectivity index (χ4n) is 2.07. The van der Waals surface area contributed by atoms with Gasteiger partial charge in [-0.1, -0.05) is 0 Å². The van der Waals surface area contributed by atoms with Gasteiger partial charge in [-0.25, -0.2) is 0 Å². The van der Waals surface area contributed by atoms with Crippen molar-refractivity contribution < 1.29 is 28.9 Å². The monoisotopic (exact) mass is 396 g/mol. The summed E-state index contributed by atoms with van der Waals surface area (Å²) < 4.78 is 9.52. The second-order valence-electron chi connectivity index (χ2n) is 5.23. The topological polar surface area (TPSA) is 186 Å². The van der Waals surface area contributed by atoms with Crippen molar-refractivity contribution >= 4 is 23.3 Å². The Morgan fingerprint density at radius 2 is 1.21 bits per heavy atom. The van der Waals surface area contributed by atoms with Gasteiger partial charge in [-0.2, -0.15) is 10.5 Å². The Morgan fingerprint density at radius 3 is 1.52 bits per heavy atom. The molecule has 29 heavy (non-hydrogen) atoms. The molecule has 12 nitrogen and oxygen atoms in total. The Bertz CT molecular complexity index is 1030. The normalized spacial score (nSPS) is 9.59. The van der Waals surface area contributed by atoms with Crippen LogP contribution in [0, 0.1) is 42.9 Å². The number of nitro groups is 2. The van der Waals surface area contributed by atoms with Crippen molar-refractivity contribution in [3.8, 4) is 23.6 Å². The smallest absolute Gasteiger partial charge is 0.322 e. The van der Waals surface area contributed by atoms with Crippen LogP contribution in [0.1, 0.15) is 17.5 Å². The molecule has 0 amide bonds. The predicted octanol–water partition coefficient (Wildman–Crippen LogP) is 2.15. The molecule has 0 bridgehead atoms. The Morgan fingerprint density at radius 1 is 0.828 bits per heavy atom. The predicted molar refractivity (Wildman–Crippen MR) is 91.5 cm³/mol. The van der Waals surface area contributed by atoms with Crippen LogP contribution in [0.15, 0.2) is 36.4 Å². The number of nitrogens with zero attached hydrogens (tertiary/aromatic N) is 4. The number of carbonyl (C=O) groups is 2. The molecule has 0 unspecified atom stereocenters. The summed E-state index contributed by atoms with van der Waals surface area (Å²) in [4.78, 5) is 44.0. The van der Waals surface area contributed by atoms with Gasteiger partial charge in [0.1, 0.15) is 6.42 Å². The second-order valence-corrected chi connectivity index (χ2v) is 5.23. The number of nitro benzene ring substituents is 2. The first-order valence-electron chi connectivity index (χ1n) is 7.53. The number of rotatable bonds is 6. The van der Waals surface area contributed by atoms with Gasteiger partial charge in [0.25, 0.3) is 0 Å². The summed E-state index contributed by atoms with van der Waals surface area (Å²) in [6.45, 7) is 0. The van der Waals surface area contributed by atoms with E-state index >= 15 is 0 Å². The minimum Gasteiger partial charge on any atom is -0.419 e. The maximum Gasteiger partial charge on any atom is 0.322 e. The molecule has 144 valence electrons. The first-order valence-corrected chi connectivity index (χ1v) is 7.53. The lowest BCUT2D eigenvalue weighted by molar-refractivity contribution is -0.385. The van der Waals surface area contributed by atoms with Crippen LogP contribution >= 0.6 is 0 Å². The molecular formula is C17H8N4O8. The van der Waals surface area contributed by atoms with Gasteiger partial charge in [-0.15, -0.1) is 0 Å².